The summed E-state index contributed by atoms with van der Waals surface area (Å²) in [7, 11) is 0. The fraction of sp³-hybridized carbons (Fsp3) is 0.636. The van der Waals surface area contributed by atoms with E-state index < -0.39 is 11.3 Å². The van der Waals surface area contributed by atoms with Crippen LogP contribution in [0.4, 0.5) is 4.79 Å². The van der Waals surface area contributed by atoms with Crippen molar-refractivity contribution in [3.05, 3.63) is 34.9 Å². The van der Waals surface area contributed by atoms with E-state index in [9.17, 15) is 10.1 Å². The Balaban J connectivity index is 2.01. The highest BCUT2D eigenvalue weighted by Crippen LogP contribution is 2.45. The lowest BCUT2D eigenvalue weighted by Gasteiger charge is -2.54. The number of hydrogen-bond donors (Lipinski definition) is 0. The van der Waals surface area contributed by atoms with E-state index in [1.807, 2.05) is 56.3 Å². The van der Waals surface area contributed by atoms with Crippen LogP contribution >= 0.6 is 23.4 Å². The SMILES string of the molecule is CSCN1CCO[C@@](c2cccc(Cl)c2)([C@@H]2CCCN(C(=O)OC(C)(C)C)C2)N1C#N. The first-order valence-corrected chi connectivity index (χ1v) is 12.3. The fourth-order valence-electron chi connectivity index (χ4n) is 4.32. The number of benzene rings is 1. The Bertz CT molecular complexity index is 826. The molecular weight excluding hydrogens is 436 g/mol. The van der Waals surface area contributed by atoms with Crippen LogP contribution in [0.2, 0.25) is 5.02 Å². The predicted octanol–water partition coefficient (Wildman–Crippen LogP) is 4.49. The van der Waals surface area contributed by atoms with Crippen molar-refractivity contribution >= 4 is 29.5 Å². The second kappa shape index (κ2) is 9.86. The summed E-state index contributed by atoms with van der Waals surface area (Å²) in [6.45, 7) is 7.75. The average Bonchev–Trinajstić information content (AvgIpc) is 2.72. The molecule has 0 bridgehead atoms. The number of thioether (sulfide) groups is 1. The Hall–Kier alpha value is -1.66. The number of ether oxygens (including phenoxy) is 2. The van der Waals surface area contributed by atoms with Gasteiger partial charge in [-0.15, -0.1) is 11.8 Å². The topological polar surface area (TPSA) is 69.0 Å². The van der Waals surface area contributed by atoms with E-state index in [0.717, 1.165) is 18.4 Å². The van der Waals surface area contributed by atoms with E-state index in [1.54, 1.807) is 21.7 Å². The summed E-state index contributed by atoms with van der Waals surface area (Å²) in [5.41, 5.74) is -0.776. The van der Waals surface area contributed by atoms with E-state index in [-0.39, 0.29) is 12.0 Å². The number of carbonyl (C=O) groups is 1. The third-order valence-electron chi connectivity index (χ3n) is 5.51. The molecule has 170 valence electrons. The van der Waals surface area contributed by atoms with Gasteiger partial charge in [-0.1, -0.05) is 23.7 Å². The number of nitriles is 1. The highest BCUT2D eigenvalue weighted by atomic mass is 35.5. The van der Waals surface area contributed by atoms with Crippen LogP contribution in [0.15, 0.2) is 24.3 Å². The minimum absolute atomic E-state index is 0.128. The summed E-state index contributed by atoms with van der Waals surface area (Å²) in [4.78, 5) is 14.5. The monoisotopic (exact) mass is 466 g/mol. The molecule has 0 N–H and O–H groups in total. The van der Waals surface area contributed by atoms with Crippen molar-refractivity contribution in [1.82, 2.24) is 14.9 Å². The lowest BCUT2D eigenvalue weighted by molar-refractivity contribution is -0.285. The predicted molar refractivity (Wildman–Crippen MR) is 122 cm³/mol. The molecule has 2 aliphatic rings. The van der Waals surface area contributed by atoms with Crippen molar-refractivity contribution in [3.8, 4) is 6.19 Å². The molecule has 1 aromatic rings. The number of halogens is 1. The summed E-state index contributed by atoms with van der Waals surface area (Å²) in [6, 6.07) is 7.50. The zero-order valence-corrected chi connectivity index (χ0v) is 20.2. The first kappa shape index (κ1) is 24.0. The quantitative estimate of drug-likeness (QED) is 0.605. The van der Waals surface area contributed by atoms with Gasteiger partial charge in [0.2, 0.25) is 0 Å². The maximum Gasteiger partial charge on any atom is 0.410 e. The highest BCUT2D eigenvalue weighted by molar-refractivity contribution is 7.98. The molecular formula is C22H31ClN4O3S. The van der Waals surface area contributed by atoms with Crippen LogP contribution in [0.5, 0.6) is 0 Å². The van der Waals surface area contributed by atoms with Crippen LogP contribution in [-0.4, -0.2) is 65.0 Å². The van der Waals surface area contributed by atoms with Gasteiger partial charge in [0.1, 0.15) is 5.60 Å². The number of rotatable bonds is 4. The third kappa shape index (κ3) is 5.23. The molecule has 2 atom stereocenters. The van der Waals surface area contributed by atoms with Crippen molar-refractivity contribution in [3.63, 3.8) is 0 Å². The van der Waals surface area contributed by atoms with Crippen LogP contribution in [0, 0.1) is 17.4 Å². The maximum atomic E-state index is 12.8. The molecule has 31 heavy (non-hydrogen) atoms. The number of likely N-dealkylation sites (tertiary alicyclic amines) is 1. The van der Waals surface area contributed by atoms with Crippen molar-refractivity contribution in [1.29, 1.82) is 5.26 Å². The Morgan fingerprint density at radius 1 is 1.42 bits per heavy atom. The molecule has 0 unspecified atom stereocenters. The molecule has 1 aromatic carbocycles. The average molecular weight is 467 g/mol. The number of nitrogens with zero attached hydrogens (tertiary/aromatic N) is 4. The van der Waals surface area contributed by atoms with E-state index in [2.05, 4.69) is 6.19 Å². The summed E-state index contributed by atoms with van der Waals surface area (Å²) >= 11 is 8.00. The molecule has 0 radical (unpaired) electrons. The van der Waals surface area contributed by atoms with Crippen molar-refractivity contribution in [2.75, 3.05) is 38.4 Å². The molecule has 7 nitrogen and oxygen atoms in total. The van der Waals surface area contributed by atoms with Gasteiger partial charge in [0, 0.05) is 36.1 Å². The fourth-order valence-corrected chi connectivity index (χ4v) is 5.05. The van der Waals surface area contributed by atoms with Gasteiger partial charge in [-0.25, -0.2) is 9.80 Å². The van der Waals surface area contributed by atoms with Gasteiger partial charge < -0.3 is 14.4 Å². The van der Waals surface area contributed by atoms with E-state index >= 15 is 0 Å². The van der Waals surface area contributed by atoms with Gasteiger partial charge in [-0.05, 0) is 52.0 Å². The molecule has 0 spiro atoms. The second-order valence-corrected chi connectivity index (χ2v) is 10.2. The molecule has 0 aliphatic carbocycles. The zero-order chi connectivity index (χ0) is 22.6. The van der Waals surface area contributed by atoms with Crippen LogP contribution in [0.1, 0.15) is 39.2 Å². The van der Waals surface area contributed by atoms with Gasteiger partial charge in [-0.2, -0.15) is 10.3 Å². The first-order chi connectivity index (χ1) is 14.7. The van der Waals surface area contributed by atoms with Crippen LogP contribution < -0.4 is 0 Å². The van der Waals surface area contributed by atoms with Crippen LogP contribution in [0.3, 0.4) is 0 Å². The molecule has 9 heteroatoms. The molecule has 3 rings (SSSR count). The van der Waals surface area contributed by atoms with E-state index in [4.69, 9.17) is 21.1 Å². The van der Waals surface area contributed by atoms with Gasteiger partial charge in [-0.3, -0.25) is 0 Å². The van der Waals surface area contributed by atoms with Crippen molar-refractivity contribution < 1.29 is 14.3 Å². The minimum atomic E-state index is -1.03. The number of hydrogen-bond acceptors (Lipinski definition) is 7. The molecule has 2 fully saturated rings. The zero-order valence-electron chi connectivity index (χ0n) is 18.6. The summed E-state index contributed by atoms with van der Waals surface area (Å²) in [5.74, 6) is 0.540. The maximum absolute atomic E-state index is 12.8. The molecule has 0 saturated carbocycles. The largest absolute Gasteiger partial charge is 0.444 e. The van der Waals surface area contributed by atoms with E-state index in [1.165, 1.54) is 0 Å². The van der Waals surface area contributed by atoms with E-state index in [0.29, 0.717) is 37.1 Å². The lowest BCUT2D eigenvalue weighted by Crippen LogP contribution is -2.65. The number of hydrazine groups is 1. The first-order valence-electron chi connectivity index (χ1n) is 10.5. The standard InChI is InChI=1S/C22H31ClN4O3S/c1-21(2,3)30-20(28)25-10-6-8-18(14-25)22(17-7-5-9-19(23)13-17)27(15-24)26(16-31-4)11-12-29-22/h5,7,9,13,18H,6,8,10-12,14,16H2,1-4H3/t18-,22+/m1/s1. The van der Waals surface area contributed by atoms with Crippen LogP contribution in [0.25, 0.3) is 0 Å². The number of piperidine rings is 1. The van der Waals surface area contributed by atoms with Gasteiger partial charge in [0.15, 0.2) is 11.9 Å². The van der Waals surface area contributed by atoms with Gasteiger partial charge in [0.25, 0.3) is 0 Å². The molecule has 1 amide bonds. The highest BCUT2D eigenvalue weighted by Gasteiger charge is 2.53. The Morgan fingerprint density at radius 3 is 2.84 bits per heavy atom. The third-order valence-corrected chi connectivity index (χ3v) is 6.30. The molecule has 2 heterocycles. The minimum Gasteiger partial charge on any atom is -0.444 e. The Labute approximate surface area is 194 Å². The van der Waals surface area contributed by atoms with Gasteiger partial charge in [0.05, 0.1) is 12.5 Å². The van der Waals surface area contributed by atoms with Gasteiger partial charge >= 0.3 is 6.09 Å². The summed E-state index contributed by atoms with van der Waals surface area (Å²) in [5, 5.41) is 14.5. The molecule has 0 aromatic heterocycles. The smallest absolute Gasteiger partial charge is 0.410 e. The number of carbonyl (C=O) groups excluding carboxylic acids is 1. The second-order valence-electron chi connectivity index (χ2n) is 8.88. The molecule has 2 aliphatic heterocycles. The normalized spacial score (nSPS) is 25.2. The van der Waals surface area contributed by atoms with Crippen LogP contribution in [-0.2, 0) is 15.2 Å². The van der Waals surface area contributed by atoms with Crippen molar-refractivity contribution in [2.45, 2.75) is 44.9 Å². The Morgan fingerprint density at radius 2 is 2.19 bits per heavy atom. The summed E-state index contributed by atoms with van der Waals surface area (Å²) in [6.07, 6.45) is 5.67. The lowest BCUT2D eigenvalue weighted by atomic mass is 9.82. The van der Waals surface area contributed by atoms with Crippen molar-refractivity contribution in [2.24, 2.45) is 5.92 Å². The summed E-state index contributed by atoms with van der Waals surface area (Å²) < 4.78 is 12.1. The molecule has 2 saturated heterocycles. The number of amides is 1. The Kier molecular flexibility index (Phi) is 7.63.